The lowest BCUT2D eigenvalue weighted by molar-refractivity contribution is -0.161. The number of hydrogen-bond donors (Lipinski definition) is 1. The highest BCUT2D eigenvalue weighted by molar-refractivity contribution is 7.47. The van der Waals surface area contributed by atoms with Gasteiger partial charge in [-0.2, -0.15) is 0 Å². The van der Waals surface area contributed by atoms with Gasteiger partial charge in [-0.3, -0.25) is 18.6 Å². The summed E-state index contributed by atoms with van der Waals surface area (Å²) in [7, 11) is -4.27. The molecule has 0 heterocycles. The van der Waals surface area contributed by atoms with Crippen LogP contribution in [0.5, 0.6) is 0 Å². The van der Waals surface area contributed by atoms with E-state index in [4.69, 9.17) is 18.5 Å². The predicted octanol–water partition coefficient (Wildman–Crippen LogP) is 15.8. The van der Waals surface area contributed by atoms with E-state index in [1.807, 2.05) is 0 Å². The summed E-state index contributed by atoms with van der Waals surface area (Å²) in [6.45, 7) is 5.54. The molecule has 0 aromatic rings. The van der Waals surface area contributed by atoms with E-state index in [2.05, 4.69) is 13.8 Å². The standard InChI is InChI=1S/C48H95O8P/c1-4-7-9-11-13-15-17-19-21-22-23-24-25-26-27-28-29-31-33-35-37-39-41-43-48(50)56-46(45-55-57(51,52)54-6-3)44-53-47(49)42-40-38-36-34-32-30-20-18-16-14-12-10-8-5-2/h46H,4-45H2,1-3H3,(H,51,52). The normalized spacial score (nSPS) is 13.1. The Kier molecular flexibility index (Phi) is 43.9. The Morgan fingerprint density at radius 3 is 0.982 bits per heavy atom. The first-order valence-electron chi connectivity index (χ1n) is 24.8. The first-order chi connectivity index (χ1) is 27.8. The van der Waals surface area contributed by atoms with E-state index in [0.29, 0.717) is 6.42 Å². The number of esters is 2. The van der Waals surface area contributed by atoms with Gasteiger partial charge in [0.15, 0.2) is 6.10 Å². The molecule has 0 amide bonds. The van der Waals surface area contributed by atoms with E-state index < -0.39 is 19.9 Å². The van der Waals surface area contributed by atoms with Gasteiger partial charge in [0.1, 0.15) is 6.61 Å². The average molecular weight is 831 g/mol. The molecule has 0 aromatic heterocycles. The third kappa shape index (κ3) is 44.4. The molecular weight excluding hydrogens is 735 g/mol. The summed E-state index contributed by atoms with van der Waals surface area (Å²) in [5.41, 5.74) is 0. The van der Waals surface area contributed by atoms with Gasteiger partial charge in [-0.25, -0.2) is 4.57 Å². The van der Waals surface area contributed by atoms with Crippen molar-refractivity contribution in [3.63, 3.8) is 0 Å². The summed E-state index contributed by atoms with van der Waals surface area (Å²) in [4.78, 5) is 34.8. The van der Waals surface area contributed by atoms with Gasteiger partial charge in [0.25, 0.3) is 0 Å². The third-order valence-corrected chi connectivity index (χ3v) is 12.2. The Morgan fingerprint density at radius 1 is 0.404 bits per heavy atom. The van der Waals surface area contributed by atoms with Gasteiger partial charge in [-0.1, -0.05) is 239 Å². The molecule has 0 aliphatic heterocycles. The molecule has 0 rings (SSSR count). The summed E-state index contributed by atoms with van der Waals surface area (Å²) in [6.07, 6.45) is 47.4. The number of hydrogen-bond acceptors (Lipinski definition) is 7. The molecular formula is C48H95O8P. The largest absolute Gasteiger partial charge is 0.472 e. The summed E-state index contributed by atoms with van der Waals surface area (Å²) in [5.74, 6) is -0.777. The topological polar surface area (TPSA) is 108 Å². The van der Waals surface area contributed by atoms with Crippen LogP contribution in [0.3, 0.4) is 0 Å². The zero-order valence-electron chi connectivity index (χ0n) is 38.0. The van der Waals surface area contributed by atoms with Crippen LogP contribution < -0.4 is 0 Å². The molecule has 9 heteroatoms. The molecule has 0 aromatic carbocycles. The SMILES string of the molecule is CCCCCCCCCCCCCCCCCCCCCCCCCC(=O)OC(COC(=O)CCCCCCCCCCCCCCCC)COP(=O)(O)OCC. The molecule has 0 fully saturated rings. The smallest absolute Gasteiger partial charge is 0.462 e. The van der Waals surface area contributed by atoms with Crippen LogP contribution in [-0.2, 0) is 32.7 Å². The quantitative estimate of drug-likeness (QED) is 0.0367. The van der Waals surface area contributed by atoms with Gasteiger partial charge in [-0.05, 0) is 19.8 Å². The highest BCUT2D eigenvalue weighted by atomic mass is 31.2. The molecule has 1 N–H and O–H groups in total. The number of rotatable bonds is 47. The number of phosphoric ester groups is 1. The maximum Gasteiger partial charge on any atom is 0.472 e. The number of phosphoric acid groups is 1. The second kappa shape index (κ2) is 44.6. The summed E-state index contributed by atoms with van der Waals surface area (Å²) < 4.78 is 32.8. The van der Waals surface area contributed by atoms with E-state index in [-0.39, 0.29) is 32.2 Å². The van der Waals surface area contributed by atoms with Crippen LogP contribution in [0.2, 0.25) is 0 Å². The number of ether oxygens (including phenoxy) is 2. The van der Waals surface area contributed by atoms with Crippen LogP contribution in [-0.4, -0.2) is 42.8 Å². The van der Waals surface area contributed by atoms with E-state index in [1.165, 1.54) is 199 Å². The molecule has 0 radical (unpaired) electrons. The minimum absolute atomic E-state index is 0.00590. The molecule has 8 nitrogen and oxygen atoms in total. The van der Waals surface area contributed by atoms with Crippen molar-refractivity contribution in [2.24, 2.45) is 0 Å². The van der Waals surface area contributed by atoms with Crippen molar-refractivity contribution in [1.29, 1.82) is 0 Å². The van der Waals surface area contributed by atoms with Crippen LogP contribution in [0.25, 0.3) is 0 Å². The molecule has 0 saturated heterocycles. The average Bonchev–Trinajstić information content (AvgIpc) is 3.19. The molecule has 2 unspecified atom stereocenters. The lowest BCUT2D eigenvalue weighted by Gasteiger charge is -2.19. The zero-order valence-corrected chi connectivity index (χ0v) is 38.9. The van der Waals surface area contributed by atoms with Crippen LogP contribution >= 0.6 is 7.82 Å². The fourth-order valence-electron chi connectivity index (χ4n) is 7.52. The van der Waals surface area contributed by atoms with Crippen LogP contribution in [0.1, 0.15) is 271 Å². The van der Waals surface area contributed by atoms with Gasteiger partial charge in [0.05, 0.1) is 13.2 Å². The predicted molar refractivity (Wildman–Crippen MR) is 240 cm³/mol. The van der Waals surface area contributed by atoms with Crippen molar-refractivity contribution < 1.29 is 37.6 Å². The Morgan fingerprint density at radius 2 is 0.684 bits per heavy atom. The molecule has 0 bridgehead atoms. The van der Waals surface area contributed by atoms with Gasteiger partial charge in [0, 0.05) is 12.8 Å². The molecule has 0 aliphatic rings. The first-order valence-corrected chi connectivity index (χ1v) is 26.3. The lowest BCUT2D eigenvalue weighted by atomic mass is 10.0. The fraction of sp³-hybridized carbons (Fsp3) is 0.958. The first kappa shape index (κ1) is 56.0. The van der Waals surface area contributed by atoms with Gasteiger partial charge >= 0.3 is 19.8 Å². The summed E-state index contributed by atoms with van der Waals surface area (Å²) in [6, 6.07) is 0. The Balaban J connectivity index is 3.91. The number of carbonyl (C=O) groups excluding carboxylic acids is 2. The summed E-state index contributed by atoms with van der Waals surface area (Å²) >= 11 is 0. The Bertz CT molecular complexity index is 900. The van der Waals surface area contributed by atoms with Crippen molar-refractivity contribution >= 4 is 19.8 Å². The highest BCUT2D eigenvalue weighted by Gasteiger charge is 2.25. The molecule has 0 spiro atoms. The van der Waals surface area contributed by atoms with Crippen LogP contribution in [0.4, 0.5) is 0 Å². The maximum absolute atomic E-state index is 12.6. The molecule has 0 aliphatic carbocycles. The molecule has 2 atom stereocenters. The summed E-state index contributed by atoms with van der Waals surface area (Å²) in [5, 5.41) is 0. The van der Waals surface area contributed by atoms with Crippen molar-refractivity contribution in [1.82, 2.24) is 0 Å². The third-order valence-electron chi connectivity index (χ3n) is 11.2. The van der Waals surface area contributed by atoms with E-state index in [9.17, 15) is 19.0 Å². The van der Waals surface area contributed by atoms with Gasteiger partial charge in [-0.15, -0.1) is 0 Å². The van der Waals surface area contributed by atoms with Crippen molar-refractivity contribution in [3.8, 4) is 0 Å². The highest BCUT2D eigenvalue weighted by Crippen LogP contribution is 2.43. The number of carbonyl (C=O) groups is 2. The second-order valence-corrected chi connectivity index (χ2v) is 18.3. The van der Waals surface area contributed by atoms with Crippen molar-refractivity contribution in [2.75, 3.05) is 19.8 Å². The monoisotopic (exact) mass is 831 g/mol. The number of unbranched alkanes of at least 4 members (excludes halogenated alkanes) is 35. The minimum atomic E-state index is -4.27. The minimum Gasteiger partial charge on any atom is -0.462 e. The van der Waals surface area contributed by atoms with Crippen molar-refractivity contribution in [3.05, 3.63) is 0 Å². The van der Waals surface area contributed by atoms with E-state index >= 15 is 0 Å². The fourth-order valence-corrected chi connectivity index (χ4v) is 8.27. The van der Waals surface area contributed by atoms with Crippen LogP contribution in [0.15, 0.2) is 0 Å². The lowest BCUT2D eigenvalue weighted by Crippen LogP contribution is -2.29. The van der Waals surface area contributed by atoms with Crippen LogP contribution in [0, 0.1) is 0 Å². The van der Waals surface area contributed by atoms with E-state index in [1.54, 1.807) is 6.92 Å². The van der Waals surface area contributed by atoms with Gasteiger partial charge < -0.3 is 14.4 Å². The van der Waals surface area contributed by atoms with E-state index in [0.717, 1.165) is 38.5 Å². The molecule has 0 saturated carbocycles. The Hall–Kier alpha value is -0.950. The Labute approximate surface area is 353 Å². The zero-order chi connectivity index (χ0) is 41.8. The molecule has 57 heavy (non-hydrogen) atoms. The second-order valence-electron chi connectivity index (χ2n) is 16.9. The van der Waals surface area contributed by atoms with Gasteiger partial charge in [0.2, 0.25) is 0 Å². The maximum atomic E-state index is 12.6. The van der Waals surface area contributed by atoms with Crippen molar-refractivity contribution in [2.45, 2.75) is 277 Å². The molecule has 340 valence electrons.